The summed E-state index contributed by atoms with van der Waals surface area (Å²) in [7, 11) is 0. The fraction of sp³-hybridized carbons (Fsp3) is 0.728. The lowest BCUT2D eigenvalue weighted by molar-refractivity contribution is -0.187. The minimum atomic E-state index is -0.736. The second kappa shape index (κ2) is 79.5. The molecular formula is C103H198F6O6. The van der Waals surface area contributed by atoms with Crippen molar-refractivity contribution < 1.29 is 54.8 Å². The Labute approximate surface area is 716 Å². The molecule has 0 radical (unpaired) electrons. The van der Waals surface area contributed by atoms with E-state index in [1.807, 2.05) is 53.7 Å². The number of halogens is 6. The molecule has 0 N–H and O–H groups in total. The molecule has 4 heterocycles. The van der Waals surface area contributed by atoms with Crippen molar-refractivity contribution >= 4 is 0 Å². The van der Waals surface area contributed by atoms with Crippen LogP contribution in [0.1, 0.15) is 367 Å². The lowest BCUT2D eigenvalue weighted by Gasteiger charge is -2.24. The Kier molecular flexibility index (Phi) is 96.5. The van der Waals surface area contributed by atoms with Gasteiger partial charge in [-0.05, 0) is 252 Å². The summed E-state index contributed by atoms with van der Waals surface area (Å²) in [4.78, 5) is 0. The molecule has 2 saturated carbocycles. The lowest BCUT2D eigenvalue weighted by Crippen LogP contribution is -2.27. The van der Waals surface area contributed by atoms with Gasteiger partial charge in [0.2, 0.25) is 0 Å². The normalized spacial score (nSPS) is 24.2. The van der Waals surface area contributed by atoms with Gasteiger partial charge in [0, 0.05) is 37.9 Å². The average molecular weight is 1650 g/mol. The maximum atomic E-state index is 12.7. The van der Waals surface area contributed by atoms with E-state index in [2.05, 4.69) is 121 Å². The van der Waals surface area contributed by atoms with E-state index in [0.717, 1.165) is 110 Å². The maximum Gasteiger partial charge on any atom is 0.161 e. The summed E-state index contributed by atoms with van der Waals surface area (Å²) < 4.78 is 107. The quantitative estimate of drug-likeness (QED) is 0.164. The monoisotopic (exact) mass is 1650 g/mol. The van der Waals surface area contributed by atoms with Crippen molar-refractivity contribution in [3.05, 3.63) is 163 Å². The van der Waals surface area contributed by atoms with Crippen LogP contribution in [0, 0.1) is 138 Å². The van der Waals surface area contributed by atoms with E-state index in [0.29, 0.717) is 71.0 Å². The molecule has 6 fully saturated rings. The Balaban J connectivity index is -0.0000000889. The number of benzene rings is 4. The summed E-state index contributed by atoms with van der Waals surface area (Å²) in [5, 5.41) is 0. The predicted octanol–water partition coefficient (Wildman–Crippen LogP) is 35.5. The van der Waals surface area contributed by atoms with Crippen LogP contribution in [0.3, 0.4) is 0 Å². The zero-order valence-electron chi connectivity index (χ0n) is 68.7. The Bertz CT molecular complexity index is 2500. The molecule has 0 amide bonds. The van der Waals surface area contributed by atoms with E-state index < -0.39 is 11.6 Å². The molecule has 688 valence electrons. The Hall–Kier alpha value is -4.30. The van der Waals surface area contributed by atoms with Crippen LogP contribution in [0.2, 0.25) is 0 Å². The summed E-state index contributed by atoms with van der Waals surface area (Å²) >= 11 is 0. The maximum absolute atomic E-state index is 12.7. The molecule has 0 spiro atoms. The van der Waals surface area contributed by atoms with Crippen LogP contribution in [0.4, 0.5) is 26.3 Å². The standard InChI is InChI=1S/C8H8F2.2C8H13F.2C8H9F.2C8H16.C8H10.2C7H14O.2C6H12O2.13CH4/c1-5-3-4-6(2)8(10)7(5)9;4*1-6-3-4-7(2)8(9)5-6;3*1-7-3-5-8(2)6-4-7;2*1-6-3-4-7(2)8-5-6;2*1-5-3-7-6(2)8-4-5;;;;;;;;;;;;;/h3-4H,1-2H3;2*6H,3-5H2,1-2H3;2*3-5H,1-2H3;2*7-8H,3-6H2,1-2H3;3-6H,1-2H3;2*6-7H,3-5H2,1-2H3;2*5-6H,3-4H2,1-2H3;13*1H4. The number of hydrogen-bond donors (Lipinski definition) is 0. The molecule has 6 unspecified atom stereocenters. The first-order valence-electron chi connectivity index (χ1n) is 39.2. The third kappa shape index (κ3) is 70.1. The molecule has 12 heteroatoms. The fourth-order valence-electron chi connectivity index (χ4n) is 11.4. The third-order valence-electron chi connectivity index (χ3n) is 19.9. The minimum Gasteiger partial charge on any atom is -0.378 e. The van der Waals surface area contributed by atoms with E-state index in [1.54, 1.807) is 38.1 Å². The predicted molar refractivity (Wildman–Crippen MR) is 507 cm³/mol. The molecule has 0 aromatic heterocycles. The Morgan fingerprint density at radius 2 is 0.452 bits per heavy atom. The SMILES string of the molecule is C.C.C.C.C.C.C.C.C.C.C.C.C.CC1=C(F)CC(C)CC1.CC1=C(F)CC(C)CC1.CC1CCC(C)CC1.CC1CCC(C)CC1.CC1CCC(C)OC1.CC1CCC(C)OC1.CC1COC(C)OC1.CC1COC(C)OC1.Cc1ccc(C)c(F)c1.Cc1ccc(C)c(F)c1.Cc1ccc(C)c(F)c1F.Cc1ccc(C)cc1. The first-order chi connectivity index (χ1) is 47.9. The molecule has 4 saturated heterocycles. The lowest BCUT2D eigenvalue weighted by atomic mass is 9.84. The topological polar surface area (TPSA) is 55.4 Å². The van der Waals surface area contributed by atoms with Gasteiger partial charge in [0.15, 0.2) is 24.2 Å². The van der Waals surface area contributed by atoms with Gasteiger partial charge in [-0.3, -0.25) is 0 Å². The molecule has 6 nitrogen and oxygen atoms in total. The van der Waals surface area contributed by atoms with Crippen molar-refractivity contribution in [2.45, 2.75) is 403 Å². The molecule has 4 aliphatic carbocycles. The van der Waals surface area contributed by atoms with Crippen LogP contribution in [-0.4, -0.2) is 64.4 Å². The number of rotatable bonds is 0. The van der Waals surface area contributed by atoms with Crippen LogP contribution in [0.25, 0.3) is 0 Å². The van der Waals surface area contributed by atoms with Crippen LogP contribution < -0.4 is 0 Å². The summed E-state index contributed by atoms with van der Waals surface area (Å²) in [5.74, 6) is 6.51. The Morgan fingerprint density at radius 1 is 0.235 bits per heavy atom. The third-order valence-corrected chi connectivity index (χ3v) is 19.9. The zero-order valence-corrected chi connectivity index (χ0v) is 68.7. The highest BCUT2D eigenvalue weighted by Crippen LogP contribution is 2.31. The van der Waals surface area contributed by atoms with Gasteiger partial charge in [-0.2, -0.15) is 0 Å². The van der Waals surface area contributed by atoms with Gasteiger partial charge in [-0.25, -0.2) is 26.3 Å². The first kappa shape index (κ1) is 140. The van der Waals surface area contributed by atoms with Gasteiger partial charge in [0.05, 0.1) is 50.3 Å². The van der Waals surface area contributed by atoms with Crippen molar-refractivity contribution in [2.24, 2.45) is 59.2 Å². The highest BCUT2D eigenvalue weighted by atomic mass is 19.2. The second-order valence-corrected chi connectivity index (χ2v) is 32.1. The molecule has 4 aromatic rings. The van der Waals surface area contributed by atoms with Crippen molar-refractivity contribution in [1.29, 1.82) is 0 Å². The summed E-state index contributed by atoms with van der Waals surface area (Å²) in [6, 6.07) is 22.0. The van der Waals surface area contributed by atoms with Crippen molar-refractivity contribution in [3.63, 3.8) is 0 Å². The van der Waals surface area contributed by atoms with E-state index >= 15 is 0 Å². The highest BCUT2D eigenvalue weighted by Gasteiger charge is 2.19. The number of allylic oxidation sites excluding steroid dienone is 4. The fourth-order valence-corrected chi connectivity index (χ4v) is 11.4. The van der Waals surface area contributed by atoms with Gasteiger partial charge in [0.1, 0.15) is 11.6 Å². The Morgan fingerprint density at radius 3 is 0.635 bits per heavy atom. The highest BCUT2D eigenvalue weighted by molar-refractivity contribution is 5.25. The van der Waals surface area contributed by atoms with Gasteiger partial charge in [0.25, 0.3) is 0 Å². The van der Waals surface area contributed by atoms with Gasteiger partial charge in [-0.15, -0.1) is 0 Å². The molecule has 4 aliphatic heterocycles. The van der Waals surface area contributed by atoms with E-state index in [4.69, 9.17) is 28.4 Å². The summed E-state index contributed by atoms with van der Waals surface area (Å²) in [5.41, 5.74) is 8.65. The van der Waals surface area contributed by atoms with E-state index in [1.165, 1.54) is 127 Å². The van der Waals surface area contributed by atoms with E-state index in [9.17, 15) is 26.3 Å². The van der Waals surface area contributed by atoms with Crippen molar-refractivity contribution in [2.75, 3.05) is 39.6 Å². The second-order valence-electron chi connectivity index (χ2n) is 32.1. The molecular weight excluding hydrogens is 1450 g/mol. The molecule has 4 aromatic carbocycles. The minimum absolute atomic E-state index is 0. The van der Waals surface area contributed by atoms with Crippen LogP contribution in [-0.2, 0) is 28.4 Å². The van der Waals surface area contributed by atoms with E-state index in [-0.39, 0.29) is 132 Å². The number of hydrogen-bond acceptors (Lipinski definition) is 6. The number of aryl methyl sites for hydroxylation is 8. The largest absolute Gasteiger partial charge is 0.378 e. The van der Waals surface area contributed by atoms with Crippen molar-refractivity contribution in [3.8, 4) is 0 Å². The number of ether oxygens (including phenoxy) is 6. The zero-order chi connectivity index (χ0) is 77.0. The van der Waals surface area contributed by atoms with Gasteiger partial charge in [-0.1, -0.05) is 289 Å². The van der Waals surface area contributed by atoms with Crippen LogP contribution >= 0.6 is 0 Å². The van der Waals surface area contributed by atoms with Gasteiger partial charge >= 0.3 is 0 Å². The average Bonchev–Trinajstić information content (AvgIpc) is 0.858. The van der Waals surface area contributed by atoms with Crippen LogP contribution in [0.15, 0.2) is 95.6 Å². The smallest absolute Gasteiger partial charge is 0.161 e. The molecule has 115 heavy (non-hydrogen) atoms. The first-order valence-corrected chi connectivity index (χ1v) is 39.2. The molecule has 6 atom stereocenters. The summed E-state index contributed by atoms with van der Waals surface area (Å²) in [6.45, 7) is 54.2. The molecule has 0 bridgehead atoms. The van der Waals surface area contributed by atoms with Gasteiger partial charge < -0.3 is 28.4 Å². The van der Waals surface area contributed by atoms with Crippen molar-refractivity contribution in [1.82, 2.24) is 0 Å². The van der Waals surface area contributed by atoms with Crippen LogP contribution in [0.5, 0.6) is 0 Å². The summed E-state index contributed by atoms with van der Waals surface area (Å²) in [6.07, 6.45) is 23.7. The molecule has 12 rings (SSSR count). The molecule has 8 aliphatic rings.